The summed E-state index contributed by atoms with van der Waals surface area (Å²) in [7, 11) is 1.52. The number of aliphatic carboxylic acids is 1. The molecule has 182 valence electrons. The SMILES string of the molecule is COc1cc([C@H](Nc2ccc(C(=N)N)cc2)C(=O)NCCC(=O)O)ccc1OCc1ccccc1. The van der Waals surface area contributed by atoms with Crippen molar-refractivity contribution in [3.63, 3.8) is 0 Å². The molecule has 3 aromatic rings. The van der Waals surface area contributed by atoms with Crippen LogP contribution in [-0.2, 0) is 16.2 Å². The maximum Gasteiger partial charge on any atom is 0.305 e. The molecule has 0 saturated heterocycles. The summed E-state index contributed by atoms with van der Waals surface area (Å²) >= 11 is 0. The largest absolute Gasteiger partial charge is 0.493 e. The van der Waals surface area contributed by atoms with Crippen LogP contribution in [0.4, 0.5) is 5.69 Å². The lowest BCUT2D eigenvalue weighted by Crippen LogP contribution is -2.34. The second-order valence-electron chi connectivity index (χ2n) is 7.69. The Balaban J connectivity index is 1.83. The van der Waals surface area contributed by atoms with Crippen molar-refractivity contribution in [3.05, 3.63) is 89.5 Å². The zero-order valence-electron chi connectivity index (χ0n) is 19.3. The van der Waals surface area contributed by atoms with Gasteiger partial charge < -0.3 is 30.9 Å². The molecule has 6 N–H and O–H groups in total. The Bertz CT molecular complexity index is 1170. The first-order valence-electron chi connectivity index (χ1n) is 10.9. The minimum Gasteiger partial charge on any atom is -0.493 e. The number of anilines is 1. The van der Waals surface area contributed by atoms with E-state index >= 15 is 0 Å². The number of carboxylic acids is 1. The third-order valence-electron chi connectivity index (χ3n) is 5.17. The van der Waals surface area contributed by atoms with E-state index in [1.54, 1.807) is 42.5 Å². The van der Waals surface area contributed by atoms with Gasteiger partial charge in [0.05, 0.1) is 13.5 Å². The standard InChI is InChI=1S/C26H28N4O5/c1-34-22-15-19(9-12-21(22)35-16-17-5-3-2-4-6-17)24(26(33)29-14-13-23(31)32)30-20-10-7-18(8-11-20)25(27)28/h2-12,15,24,30H,13-14,16H2,1H3,(H3,27,28)(H,29,33)(H,31,32)/t24-/m0/s1. The van der Waals surface area contributed by atoms with Crippen LogP contribution in [0.2, 0.25) is 0 Å². The smallest absolute Gasteiger partial charge is 0.305 e. The molecule has 1 amide bonds. The van der Waals surface area contributed by atoms with Gasteiger partial charge in [-0.05, 0) is 47.5 Å². The first kappa shape index (κ1) is 25.1. The van der Waals surface area contributed by atoms with E-state index < -0.39 is 17.9 Å². The number of carboxylic acid groups (broad SMARTS) is 1. The fraction of sp³-hybridized carbons (Fsp3) is 0.192. The fourth-order valence-corrected chi connectivity index (χ4v) is 3.33. The second-order valence-corrected chi connectivity index (χ2v) is 7.69. The van der Waals surface area contributed by atoms with Crippen molar-refractivity contribution in [2.45, 2.75) is 19.1 Å². The van der Waals surface area contributed by atoms with E-state index in [4.69, 9.17) is 25.7 Å². The number of hydrogen-bond donors (Lipinski definition) is 5. The van der Waals surface area contributed by atoms with E-state index in [9.17, 15) is 9.59 Å². The highest BCUT2D eigenvalue weighted by molar-refractivity contribution is 5.95. The number of hydrogen-bond acceptors (Lipinski definition) is 6. The van der Waals surface area contributed by atoms with Gasteiger partial charge in [0.2, 0.25) is 5.91 Å². The van der Waals surface area contributed by atoms with E-state index in [0.29, 0.717) is 34.9 Å². The molecule has 0 bridgehead atoms. The van der Waals surface area contributed by atoms with Crippen LogP contribution in [0, 0.1) is 5.41 Å². The Kier molecular flexibility index (Phi) is 8.66. The average Bonchev–Trinajstić information content (AvgIpc) is 2.86. The summed E-state index contributed by atoms with van der Waals surface area (Å²) in [5, 5.41) is 22.2. The van der Waals surface area contributed by atoms with Crippen LogP contribution >= 0.6 is 0 Å². The molecule has 0 aliphatic rings. The zero-order chi connectivity index (χ0) is 25.2. The molecule has 0 radical (unpaired) electrons. The van der Waals surface area contributed by atoms with Gasteiger partial charge >= 0.3 is 5.97 Å². The number of carbonyl (C=O) groups excluding carboxylic acids is 1. The number of rotatable bonds is 12. The Labute approximate surface area is 203 Å². The molecule has 0 fully saturated rings. The lowest BCUT2D eigenvalue weighted by atomic mass is 10.0. The molecular weight excluding hydrogens is 448 g/mol. The zero-order valence-corrected chi connectivity index (χ0v) is 19.3. The maximum atomic E-state index is 13.0. The van der Waals surface area contributed by atoms with E-state index in [0.717, 1.165) is 5.56 Å². The Morgan fingerprint density at radius 1 is 1.03 bits per heavy atom. The van der Waals surface area contributed by atoms with Crippen molar-refractivity contribution in [1.82, 2.24) is 5.32 Å². The third kappa shape index (κ3) is 7.23. The van der Waals surface area contributed by atoms with Crippen LogP contribution in [0.1, 0.15) is 29.2 Å². The summed E-state index contributed by atoms with van der Waals surface area (Å²) in [5.74, 6) is -0.486. The number of carbonyl (C=O) groups is 2. The van der Waals surface area contributed by atoms with Crippen LogP contribution in [0.15, 0.2) is 72.8 Å². The number of amidine groups is 1. The summed E-state index contributed by atoms with van der Waals surface area (Å²) in [5.41, 5.74) is 8.29. The van der Waals surface area contributed by atoms with E-state index in [2.05, 4.69) is 10.6 Å². The van der Waals surface area contributed by atoms with Crippen molar-refractivity contribution in [2.24, 2.45) is 5.73 Å². The first-order chi connectivity index (χ1) is 16.9. The number of nitrogen functional groups attached to an aromatic ring is 1. The summed E-state index contributed by atoms with van der Waals surface area (Å²) in [4.78, 5) is 23.9. The number of ether oxygens (including phenoxy) is 2. The van der Waals surface area contributed by atoms with Crippen LogP contribution in [0.25, 0.3) is 0 Å². The van der Waals surface area contributed by atoms with Crippen LogP contribution in [0.5, 0.6) is 11.5 Å². The number of methoxy groups -OCH3 is 1. The molecule has 0 aliphatic carbocycles. The molecule has 3 aromatic carbocycles. The molecule has 0 saturated carbocycles. The number of amides is 1. The van der Waals surface area contributed by atoms with Gasteiger partial charge in [-0.2, -0.15) is 0 Å². The predicted octanol–water partition coefficient (Wildman–Crippen LogP) is 3.30. The maximum absolute atomic E-state index is 13.0. The number of benzene rings is 3. The minimum atomic E-state index is -1.00. The van der Waals surface area contributed by atoms with Gasteiger partial charge in [-0.3, -0.25) is 15.0 Å². The Morgan fingerprint density at radius 3 is 2.37 bits per heavy atom. The third-order valence-corrected chi connectivity index (χ3v) is 5.17. The first-order valence-corrected chi connectivity index (χ1v) is 10.9. The molecule has 0 unspecified atom stereocenters. The van der Waals surface area contributed by atoms with Gasteiger partial charge in [-0.1, -0.05) is 36.4 Å². The number of nitrogens with one attached hydrogen (secondary N) is 3. The van der Waals surface area contributed by atoms with Gasteiger partial charge in [0.25, 0.3) is 0 Å². The summed E-state index contributed by atoms with van der Waals surface area (Å²) < 4.78 is 11.4. The fourth-order valence-electron chi connectivity index (χ4n) is 3.33. The summed E-state index contributed by atoms with van der Waals surface area (Å²) in [6, 6.07) is 20.8. The van der Waals surface area contributed by atoms with Crippen LogP contribution in [0.3, 0.4) is 0 Å². The highest BCUT2D eigenvalue weighted by Gasteiger charge is 2.22. The summed E-state index contributed by atoms with van der Waals surface area (Å²) in [6.07, 6.45) is -0.193. The Hall–Kier alpha value is -4.53. The predicted molar refractivity (Wildman–Crippen MR) is 133 cm³/mol. The quantitative estimate of drug-likeness (QED) is 0.199. The highest BCUT2D eigenvalue weighted by Crippen LogP contribution is 2.32. The van der Waals surface area contributed by atoms with Gasteiger partial charge in [0.1, 0.15) is 18.5 Å². The Morgan fingerprint density at radius 2 is 1.74 bits per heavy atom. The highest BCUT2D eigenvalue weighted by atomic mass is 16.5. The molecular formula is C26H28N4O5. The van der Waals surface area contributed by atoms with Crippen LogP contribution in [-0.4, -0.2) is 36.5 Å². The average molecular weight is 477 g/mol. The van der Waals surface area contributed by atoms with Crippen molar-refractivity contribution < 1.29 is 24.2 Å². The van der Waals surface area contributed by atoms with E-state index in [-0.39, 0.29) is 18.8 Å². The molecule has 1 atom stereocenters. The van der Waals surface area contributed by atoms with Crippen LogP contribution < -0.4 is 25.8 Å². The van der Waals surface area contributed by atoms with Gasteiger partial charge in [0, 0.05) is 17.8 Å². The lowest BCUT2D eigenvalue weighted by Gasteiger charge is -2.21. The monoisotopic (exact) mass is 476 g/mol. The molecule has 0 heterocycles. The molecule has 0 aromatic heterocycles. The normalized spacial score (nSPS) is 11.2. The topological polar surface area (TPSA) is 147 Å². The molecule has 0 aliphatic heterocycles. The van der Waals surface area contributed by atoms with E-state index in [1.807, 2.05) is 30.3 Å². The lowest BCUT2D eigenvalue weighted by molar-refractivity contribution is -0.136. The van der Waals surface area contributed by atoms with E-state index in [1.165, 1.54) is 7.11 Å². The molecule has 9 heteroatoms. The molecule has 0 spiro atoms. The molecule has 9 nitrogen and oxygen atoms in total. The van der Waals surface area contributed by atoms with Gasteiger partial charge in [0.15, 0.2) is 11.5 Å². The second kappa shape index (κ2) is 12.1. The van der Waals surface area contributed by atoms with Gasteiger partial charge in [-0.25, -0.2) is 0 Å². The minimum absolute atomic E-state index is 0.00890. The van der Waals surface area contributed by atoms with Crippen molar-refractivity contribution in [1.29, 1.82) is 5.41 Å². The summed E-state index contributed by atoms with van der Waals surface area (Å²) in [6.45, 7) is 0.349. The molecule has 35 heavy (non-hydrogen) atoms. The van der Waals surface area contributed by atoms with Crippen molar-refractivity contribution in [2.75, 3.05) is 19.0 Å². The molecule has 3 rings (SSSR count). The number of nitrogens with two attached hydrogens (primary N) is 1. The van der Waals surface area contributed by atoms with Crippen molar-refractivity contribution in [3.8, 4) is 11.5 Å². The van der Waals surface area contributed by atoms with Crippen molar-refractivity contribution >= 4 is 23.4 Å². The van der Waals surface area contributed by atoms with Gasteiger partial charge in [-0.15, -0.1) is 0 Å².